The van der Waals surface area contributed by atoms with E-state index in [0.29, 0.717) is 31.4 Å². The van der Waals surface area contributed by atoms with Gasteiger partial charge in [-0.05, 0) is 29.1 Å². The van der Waals surface area contributed by atoms with Gasteiger partial charge in [0.15, 0.2) is 5.96 Å². The molecule has 0 unspecified atom stereocenters. The number of thiophene rings is 1. The third-order valence-corrected chi connectivity index (χ3v) is 6.17. The minimum absolute atomic E-state index is 0.0116. The van der Waals surface area contributed by atoms with Gasteiger partial charge in [-0.15, -0.1) is 11.3 Å². The molecule has 2 aromatic rings. The van der Waals surface area contributed by atoms with Crippen molar-refractivity contribution in [2.45, 2.75) is 25.8 Å². The fourth-order valence-corrected chi connectivity index (χ4v) is 4.04. The number of halogens is 1. The van der Waals surface area contributed by atoms with E-state index >= 15 is 0 Å². The summed E-state index contributed by atoms with van der Waals surface area (Å²) in [6.45, 7) is 8.43. The van der Waals surface area contributed by atoms with E-state index < -0.39 is 0 Å². The second-order valence-corrected chi connectivity index (χ2v) is 8.47. The van der Waals surface area contributed by atoms with Gasteiger partial charge in [-0.3, -0.25) is 4.99 Å². The van der Waals surface area contributed by atoms with Crippen molar-refractivity contribution in [3.8, 4) is 0 Å². The van der Waals surface area contributed by atoms with E-state index in [1.807, 2.05) is 17.0 Å². The largest absolute Gasteiger partial charge is 0.378 e. The predicted octanol–water partition coefficient (Wildman–Crippen LogP) is 3.37. The maximum Gasteiger partial charge on any atom is 0.191 e. The third-order valence-electron chi connectivity index (χ3n) is 4.93. The van der Waals surface area contributed by atoms with Crippen molar-refractivity contribution in [2.24, 2.45) is 4.99 Å². The first kappa shape index (κ1) is 20.6. The maximum absolute atomic E-state index is 14.5. The van der Waals surface area contributed by atoms with Crippen LogP contribution >= 0.6 is 11.3 Å². The molecule has 0 bridgehead atoms. The van der Waals surface area contributed by atoms with Gasteiger partial charge in [0.1, 0.15) is 5.82 Å². The molecule has 7 heteroatoms. The molecule has 1 aliphatic rings. The van der Waals surface area contributed by atoms with Gasteiger partial charge in [0.05, 0.1) is 18.9 Å². The number of benzene rings is 1. The number of guanidine groups is 1. The van der Waals surface area contributed by atoms with Crippen LogP contribution in [0.2, 0.25) is 0 Å². The van der Waals surface area contributed by atoms with Gasteiger partial charge in [0.25, 0.3) is 0 Å². The zero-order valence-corrected chi connectivity index (χ0v) is 17.6. The van der Waals surface area contributed by atoms with Crippen molar-refractivity contribution < 1.29 is 9.13 Å². The van der Waals surface area contributed by atoms with Crippen LogP contribution in [0.25, 0.3) is 0 Å². The summed E-state index contributed by atoms with van der Waals surface area (Å²) < 4.78 is 19.9. The molecule has 0 atom stereocenters. The van der Waals surface area contributed by atoms with Crippen molar-refractivity contribution in [3.63, 3.8) is 0 Å². The molecule has 0 saturated carbocycles. The summed E-state index contributed by atoms with van der Waals surface area (Å²) in [6, 6.07) is 9.64. The highest BCUT2D eigenvalue weighted by Gasteiger charge is 2.22. The topological polar surface area (TPSA) is 48.9 Å². The number of nitrogens with zero attached hydrogens (tertiary/aromatic N) is 2. The molecule has 0 aliphatic carbocycles. The van der Waals surface area contributed by atoms with Crippen molar-refractivity contribution in [2.75, 3.05) is 44.8 Å². The Hall–Kier alpha value is -2.12. The van der Waals surface area contributed by atoms with E-state index in [1.165, 1.54) is 4.88 Å². The van der Waals surface area contributed by atoms with Crippen LogP contribution in [-0.2, 0) is 16.7 Å². The van der Waals surface area contributed by atoms with Crippen LogP contribution in [0.5, 0.6) is 0 Å². The average Bonchev–Trinajstić information content (AvgIpc) is 3.25. The molecule has 0 radical (unpaired) electrons. The minimum atomic E-state index is -0.192. The Morgan fingerprint density at radius 2 is 2.04 bits per heavy atom. The number of ether oxygens (including phenoxy) is 1. The predicted molar refractivity (Wildman–Crippen MR) is 115 cm³/mol. The molecule has 1 saturated heterocycles. The number of hydrogen-bond acceptors (Lipinski definition) is 4. The van der Waals surface area contributed by atoms with Crippen LogP contribution < -0.4 is 15.5 Å². The number of aliphatic imine (C=N–C) groups is 1. The fourth-order valence-electron chi connectivity index (χ4n) is 3.18. The maximum atomic E-state index is 14.5. The Bertz CT molecular complexity index is 786. The second-order valence-electron chi connectivity index (χ2n) is 7.53. The lowest BCUT2D eigenvalue weighted by Gasteiger charge is -2.29. The van der Waals surface area contributed by atoms with E-state index in [4.69, 9.17) is 4.74 Å². The number of morpholine rings is 1. The van der Waals surface area contributed by atoms with Gasteiger partial charge < -0.3 is 20.3 Å². The first-order chi connectivity index (χ1) is 13.5. The summed E-state index contributed by atoms with van der Waals surface area (Å²) in [4.78, 5) is 7.64. The second kappa shape index (κ2) is 9.39. The summed E-state index contributed by atoms with van der Waals surface area (Å²) in [5.74, 6) is 0.519. The summed E-state index contributed by atoms with van der Waals surface area (Å²) in [5, 5.41) is 8.74. The highest BCUT2D eigenvalue weighted by Crippen LogP contribution is 2.26. The molecule has 1 fully saturated rings. The fraction of sp³-hybridized carbons (Fsp3) is 0.476. The molecule has 2 N–H and O–H groups in total. The van der Waals surface area contributed by atoms with Gasteiger partial charge in [0.2, 0.25) is 0 Å². The first-order valence-corrected chi connectivity index (χ1v) is 10.5. The Balaban J connectivity index is 1.54. The Kier molecular flexibility index (Phi) is 6.91. The lowest BCUT2D eigenvalue weighted by molar-refractivity contribution is 0.122. The molecule has 3 rings (SSSR count). The molecule has 1 aliphatic heterocycles. The van der Waals surface area contributed by atoms with Crippen LogP contribution in [0, 0.1) is 5.82 Å². The zero-order valence-electron chi connectivity index (χ0n) is 16.8. The van der Waals surface area contributed by atoms with Gasteiger partial charge >= 0.3 is 0 Å². The van der Waals surface area contributed by atoms with Gasteiger partial charge in [-0.1, -0.05) is 26.0 Å². The molecule has 0 amide bonds. The Labute approximate surface area is 170 Å². The summed E-state index contributed by atoms with van der Waals surface area (Å²) in [6.07, 6.45) is 0. The zero-order chi connectivity index (χ0) is 20.0. The lowest BCUT2D eigenvalue weighted by Crippen LogP contribution is -2.43. The average molecular weight is 405 g/mol. The molecular weight excluding hydrogens is 375 g/mol. The standard InChI is InChI=1S/C21H29FN4OS/c1-21(2,19-5-4-12-28-19)15-25-20(23-3)24-14-16-6-7-18(17(22)13-16)26-8-10-27-11-9-26/h4-7,12-13H,8-11,14-15H2,1-3H3,(H2,23,24,25). The van der Waals surface area contributed by atoms with Gasteiger partial charge in [0, 0.05) is 43.5 Å². The number of anilines is 1. The van der Waals surface area contributed by atoms with E-state index in [2.05, 4.69) is 47.0 Å². The molecule has 1 aromatic heterocycles. The molecule has 28 heavy (non-hydrogen) atoms. The third kappa shape index (κ3) is 5.23. The highest BCUT2D eigenvalue weighted by molar-refractivity contribution is 7.10. The summed E-state index contributed by atoms with van der Waals surface area (Å²) in [5.41, 5.74) is 1.54. The van der Waals surface area contributed by atoms with Crippen LogP contribution in [-0.4, -0.2) is 45.9 Å². The van der Waals surface area contributed by atoms with Crippen molar-refractivity contribution in [1.29, 1.82) is 0 Å². The van der Waals surface area contributed by atoms with E-state index in [1.54, 1.807) is 24.5 Å². The Morgan fingerprint density at radius 3 is 2.68 bits per heavy atom. The van der Waals surface area contributed by atoms with Gasteiger partial charge in [-0.2, -0.15) is 0 Å². The lowest BCUT2D eigenvalue weighted by atomic mass is 9.91. The molecular formula is C21H29FN4OS. The van der Waals surface area contributed by atoms with Crippen molar-refractivity contribution in [3.05, 3.63) is 52.0 Å². The first-order valence-electron chi connectivity index (χ1n) is 9.59. The van der Waals surface area contributed by atoms with Crippen LogP contribution in [0.4, 0.5) is 10.1 Å². The number of nitrogens with one attached hydrogen (secondary N) is 2. The van der Waals surface area contributed by atoms with Crippen molar-refractivity contribution in [1.82, 2.24) is 10.6 Å². The van der Waals surface area contributed by atoms with E-state index in [0.717, 1.165) is 25.2 Å². The molecule has 1 aromatic carbocycles. The van der Waals surface area contributed by atoms with Gasteiger partial charge in [-0.25, -0.2) is 4.39 Å². The summed E-state index contributed by atoms with van der Waals surface area (Å²) >= 11 is 1.76. The molecule has 5 nitrogen and oxygen atoms in total. The quantitative estimate of drug-likeness (QED) is 0.573. The monoisotopic (exact) mass is 404 g/mol. The Morgan fingerprint density at radius 1 is 1.25 bits per heavy atom. The highest BCUT2D eigenvalue weighted by atomic mass is 32.1. The summed E-state index contributed by atoms with van der Waals surface area (Å²) in [7, 11) is 1.75. The van der Waals surface area contributed by atoms with Crippen LogP contribution in [0.15, 0.2) is 40.7 Å². The molecule has 0 spiro atoms. The van der Waals surface area contributed by atoms with Crippen molar-refractivity contribution >= 4 is 23.0 Å². The normalized spacial score (nSPS) is 15.6. The SMILES string of the molecule is CN=C(NCc1ccc(N2CCOCC2)c(F)c1)NCC(C)(C)c1cccs1. The number of hydrogen-bond donors (Lipinski definition) is 2. The molecule has 152 valence electrons. The van der Waals surface area contributed by atoms with Crippen LogP contribution in [0.3, 0.4) is 0 Å². The van der Waals surface area contributed by atoms with E-state index in [-0.39, 0.29) is 11.2 Å². The minimum Gasteiger partial charge on any atom is -0.378 e. The van der Waals surface area contributed by atoms with E-state index in [9.17, 15) is 4.39 Å². The number of rotatable bonds is 6. The smallest absolute Gasteiger partial charge is 0.191 e. The van der Waals surface area contributed by atoms with Crippen LogP contribution in [0.1, 0.15) is 24.3 Å². The molecule has 2 heterocycles.